The lowest BCUT2D eigenvalue weighted by Gasteiger charge is -2.23. The number of nitrogens with zero attached hydrogens (tertiary/aromatic N) is 1. The molecule has 0 aromatic rings. The number of likely N-dealkylation sites (tertiary alicyclic amines) is 1. The zero-order valence-corrected chi connectivity index (χ0v) is 13.8. The van der Waals surface area contributed by atoms with E-state index >= 15 is 0 Å². The van der Waals surface area contributed by atoms with Crippen LogP contribution in [0.15, 0.2) is 0 Å². The lowest BCUT2D eigenvalue weighted by atomic mass is 10.1. The molecule has 5 nitrogen and oxygen atoms in total. The molecule has 2 amide bonds. The fourth-order valence-electron chi connectivity index (χ4n) is 3.35. The third-order valence-electron chi connectivity index (χ3n) is 4.70. The van der Waals surface area contributed by atoms with Crippen LogP contribution in [0.4, 0.5) is 0 Å². The fraction of sp³-hybridized carbons (Fsp3) is 0.882. The highest BCUT2D eigenvalue weighted by Crippen LogP contribution is 2.29. The van der Waals surface area contributed by atoms with Crippen molar-refractivity contribution in [3.8, 4) is 0 Å². The smallest absolute Gasteiger partial charge is 0.225 e. The van der Waals surface area contributed by atoms with Gasteiger partial charge in [0.25, 0.3) is 0 Å². The Hall–Kier alpha value is -1.10. The fourth-order valence-corrected chi connectivity index (χ4v) is 3.35. The minimum Gasteiger partial charge on any atom is -0.381 e. The molecule has 1 saturated heterocycles. The van der Waals surface area contributed by atoms with E-state index in [-0.39, 0.29) is 17.7 Å². The van der Waals surface area contributed by atoms with Gasteiger partial charge in [0, 0.05) is 38.8 Å². The number of carbonyl (C=O) groups excluding carboxylic acids is 2. The van der Waals surface area contributed by atoms with Crippen molar-refractivity contribution in [3.05, 3.63) is 0 Å². The molecule has 1 N–H and O–H groups in total. The number of hydrogen-bond donors (Lipinski definition) is 1. The Kier molecular flexibility index (Phi) is 7.16. The van der Waals surface area contributed by atoms with E-state index in [2.05, 4.69) is 12.2 Å². The molecule has 0 aromatic carbocycles. The van der Waals surface area contributed by atoms with Gasteiger partial charge in [-0.25, -0.2) is 0 Å². The van der Waals surface area contributed by atoms with Crippen molar-refractivity contribution in [2.45, 2.75) is 64.3 Å². The van der Waals surface area contributed by atoms with Crippen LogP contribution in [0.2, 0.25) is 0 Å². The Balaban J connectivity index is 1.60. The van der Waals surface area contributed by atoms with E-state index in [1.54, 1.807) is 0 Å². The number of amides is 2. The maximum atomic E-state index is 12.2. The molecule has 1 saturated carbocycles. The van der Waals surface area contributed by atoms with Crippen molar-refractivity contribution in [2.24, 2.45) is 5.92 Å². The van der Waals surface area contributed by atoms with E-state index in [4.69, 9.17) is 4.74 Å². The molecule has 22 heavy (non-hydrogen) atoms. The summed E-state index contributed by atoms with van der Waals surface area (Å²) in [6, 6.07) is 0.386. The number of rotatable bonds is 9. The van der Waals surface area contributed by atoms with Crippen LogP contribution in [-0.4, -0.2) is 49.1 Å². The average Bonchev–Trinajstić information content (AvgIpc) is 3.15. The normalized spacial score (nSPS) is 22.5. The first kappa shape index (κ1) is 17.3. The van der Waals surface area contributed by atoms with Gasteiger partial charge in [-0.2, -0.15) is 0 Å². The zero-order valence-electron chi connectivity index (χ0n) is 13.8. The standard InChI is InChI=1S/C17H30N2O3/c1-2-3-10-22-11-6-9-18-17(21)14-12-16(20)19(13-14)15-7-4-5-8-15/h14-15H,2-13H2,1H3,(H,18,21). The quantitative estimate of drug-likeness (QED) is 0.664. The minimum atomic E-state index is -0.158. The molecular weight excluding hydrogens is 280 g/mol. The highest BCUT2D eigenvalue weighted by Gasteiger charge is 2.38. The SMILES string of the molecule is CCCCOCCCNC(=O)C1CC(=O)N(C2CCCC2)C1. The summed E-state index contributed by atoms with van der Waals surface area (Å²) in [5.41, 5.74) is 0. The number of unbranched alkanes of at least 4 members (excludes halogenated alkanes) is 1. The Labute approximate surface area is 133 Å². The molecule has 0 bridgehead atoms. The van der Waals surface area contributed by atoms with Crippen molar-refractivity contribution < 1.29 is 14.3 Å². The molecule has 0 radical (unpaired) electrons. The minimum absolute atomic E-state index is 0.0300. The molecule has 1 aliphatic carbocycles. The zero-order chi connectivity index (χ0) is 15.8. The van der Waals surface area contributed by atoms with Gasteiger partial charge in [-0.3, -0.25) is 9.59 Å². The number of ether oxygens (including phenoxy) is 1. The van der Waals surface area contributed by atoms with Gasteiger partial charge in [-0.15, -0.1) is 0 Å². The maximum Gasteiger partial charge on any atom is 0.225 e. The summed E-state index contributed by atoms with van der Waals surface area (Å²) in [6.07, 6.45) is 8.09. The van der Waals surface area contributed by atoms with Crippen LogP contribution in [0.5, 0.6) is 0 Å². The number of hydrogen-bond acceptors (Lipinski definition) is 3. The average molecular weight is 310 g/mol. The van der Waals surface area contributed by atoms with Crippen LogP contribution in [0, 0.1) is 5.92 Å². The highest BCUT2D eigenvalue weighted by molar-refractivity contribution is 5.89. The van der Waals surface area contributed by atoms with Crippen molar-refractivity contribution in [1.82, 2.24) is 10.2 Å². The molecule has 1 aliphatic heterocycles. The van der Waals surface area contributed by atoms with Crippen LogP contribution in [0.25, 0.3) is 0 Å². The predicted molar refractivity (Wildman–Crippen MR) is 85.4 cm³/mol. The van der Waals surface area contributed by atoms with Crippen LogP contribution in [-0.2, 0) is 14.3 Å². The van der Waals surface area contributed by atoms with Crippen LogP contribution >= 0.6 is 0 Å². The van der Waals surface area contributed by atoms with Crippen molar-refractivity contribution in [1.29, 1.82) is 0 Å². The molecule has 2 fully saturated rings. The Morgan fingerprint density at radius 3 is 2.73 bits per heavy atom. The summed E-state index contributed by atoms with van der Waals surface area (Å²) >= 11 is 0. The predicted octanol–water partition coefficient (Wildman–Crippen LogP) is 2.10. The second-order valence-corrected chi connectivity index (χ2v) is 6.50. The van der Waals surface area contributed by atoms with Crippen LogP contribution in [0.3, 0.4) is 0 Å². The molecular formula is C17H30N2O3. The summed E-state index contributed by atoms with van der Waals surface area (Å²) < 4.78 is 5.47. The first-order chi connectivity index (χ1) is 10.7. The highest BCUT2D eigenvalue weighted by atomic mass is 16.5. The van der Waals surface area contributed by atoms with E-state index in [1.807, 2.05) is 4.90 Å². The number of nitrogens with one attached hydrogen (secondary N) is 1. The lowest BCUT2D eigenvalue weighted by molar-refractivity contribution is -0.130. The third kappa shape index (κ3) is 4.97. The van der Waals surface area contributed by atoms with Gasteiger partial charge in [0.05, 0.1) is 5.92 Å². The van der Waals surface area contributed by atoms with E-state index in [9.17, 15) is 9.59 Å². The lowest BCUT2D eigenvalue weighted by Crippen LogP contribution is -2.37. The molecule has 0 aromatic heterocycles. The first-order valence-corrected chi connectivity index (χ1v) is 8.87. The van der Waals surface area contributed by atoms with E-state index in [0.29, 0.717) is 32.2 Å². The summed E-state index contributed by atoms with van der Waals surface area (Å²) in [5, 5.41) is 2.95. The number of carbonyl (C=O) groups is 2. The second-order valence-electron chi connectivity index (χ2n) is 6.50. The second kappa shape index (κ2) is 9.13. The van der Waals surface area contributed by atoms with Crippen molar-refractivity contribution in [3.63, 3.8) is 0 Å². The van der Waals surface area contributed by atoms with E-state index in [1.165, 1.54) is 12.8 Å². The summed E-state index contributed by atoms with van der Waals surface area (Å²) in [4.78, 5) is 26.2. The van der Waals surface area contributed by atoms with Gasteiger partial charge in [-0.1, -0.05) is 26.2 Å². The van der Waals surface area contributed by atoms with Gasteiger partial charge in [0.1, 0.15) is 0 Å². The van der Waals surface area contributed by atoms with Crippen LogP contribution < -0.4 is 5.32 Å². The summed E-state index contributed by atoms with van der Waals surface area (Å²) in [7, 11) is 0. The Morgan fingerprint density at radius 1 is 1.27 bits per heavy atom. The summed E-state index contributed by atoms with van der Waals surface area (Å²) in [6.45, 7) is 4.89. The largest absolute Gasteiger partial charge is 0.381 e. The molecule has 2 rings (SSSR count). The van der Waals surface area contributed by atoms with Gasteiger partial charge in [0.2, 0.25) is 11.8 Å². The van der Waals surface area contributed by atoms with Gasteiger partial charge >= 0.3 is 0 Å². The summed E-state index contributed by atoms with van der Waals surface area (Å²) in [5.74, 6) is 0.0338. The van der Waals surface area contributed by atoms with Crippen molar-refractivity contribution >= 4 is 11.8 Å². The Bertz CT molecular complexity index is 367. The van der Waals surface area contributed by atoms with Gasteiger partial charge in [-0.05, 0) is 25.7 Å². The Morgan fingerprint density at radius 2 is 2.00 bits per heavy atom. The third-order valence-corrected chi connectivity index (χ3v) is 4.70. The van der Waals surface area contributed by atoms with Crippen LogP contribution in [0.1, 0.15) is 58.3 Å². The monoisotopic (exact) mass is 310 g/mol. The maximum absolute atomic E-state index is 12.2. The molecule has 2 aliphatic rings. The molecule has 1 unspecified atom stereocenters. The molecule has 5 heteroatoms. The van der Waals surface area contributed by atoms with Gasteiger partial charge in [0.15, 0.2) is 0 Å². The van der Waals surface area contributed by atoms with E-state index < -0.39 is 0 Å². The molecule has 1 heterocycles. The molecule has 126 valence electrons. The topological polar surface area (TPSA) is 58.6 Å². The van der Waals surface area contributed by atoms with Gasteiger partial charge < -0.3 is 15.0 Å². The van der Waals surface area contributed by atoms with E-state index in [0.717, 1.165) is 38.7 Å². The molecule has 1 atom stereocenters. The first-order valence-electron chi connectivity index (χ1n) is 8.87. The van der Waals surface area contributed by atoms with Crippen molar-refractivity contribution in [2.75, 3.05) is 26.3 Å². The molecule has 0 spiro atoms.